The van der Waals surface area contributed by atoms with Crippen LogP contribution in [0.3, 0.4) is 0 Å². The molecular formula is C20H21BrN4OS. The van der Waals surface area contributed by atoms with E-state index in [0.717, 1.165) is 54.2 Å². The highest BCUT2D eigenvalue weighted by Crippen LogP contribution is 2.27. The summed E-state index contributed by atoms with van der Waals surface area (Å²) in [6.07, 6.45) is 0. The van der Waals surface area contributed by atoms with Crippen molar-refractivity contribution in [2.75, 3.05) is 31.2 Å². The summed E-state index contributed by atoms with van der Waals surface area (Å²) in [5, 5.41) is 9.97. The molecule has 0 atom stereocenters. The fourth-order valence-electron chi connectivity index (χ4n) is 3.02. The van der Waals surface area contributed by atoms with Gasteiger partial charge in [-0.05, 0) is 23.3 Å². The number of halogens is 1. The third kappa shape index (κ3) is 4.72. The molecule has 0 unspecified atom stereocenters. The van der Waals surface area contributed by atoms with E-state index in [9.17, 15) is 0 Å². The fourth-order valence-corrected chi connectivity index (χ4v) is 4.17. The Bertz CT molecular complexity index is 863. The molecule has 0 spiro atoms. The van der Waals surface area contributed by atoms with Crippen LogP contribution in [0.15, 0.2) is 64.2 Å². The van der Waals surface area contributed by atoms with Crippen molar-refractivity contribution in [3.8, 4) is 0 Å². The van der Waals surface area contributed by atoms with Gasteiger partial charge in [0.25, 0.3) is 0 Å². The number of hydrogen-bond donors (Lipinski definition) is 0. The molecule has 7 heteroatoms. The van der Waals surface area contributed by atoms with E-state index in [1.165, 1.54) is 11.1 Å². The topological polar surface area (TPSA) is 43.2 Å². The van der Waals surface area contributed by atoms with Gasteiger partial charge in [0.2, 0.25) is 5.95 Å². The van der Waals surface area contributed by atoms with E-state index in [0.29, 0.717) is 0 Å². The van der Waals surface area contributed by atoms with Crippen molar-refractivity contribution in [2.24, 2.45) is 0 Å². The van der Waals surface area contributed by atoms with E-state index < -0.39 is 0 Å². The molecular weight excluding hydrogens is 424 g/mol. The molecule has 2 aromatic carbocycles. The van der Waals surface area contributed by atoms with Crippen LogP contribution < -0.4 is 4.90 Å². The Morgan fingerprint density at radius 3 is 2.41 bits per heavy atom. The van der Waals surface area contributed by atoms with Crippen LogP contribution in [0.5, 0.6) is 0 Å². The number of aromatic nitrogens is 3. The zero-order valence-electron chi connectivity index (χ0n) is 14.9. The van der Waals surface area contributed by atoms with Crippen LogP contribution in [0.4, 0.5) is 5.95 Å². The number of hydrogen-bond acceptors (Lipinski definition) is 5. The Morgan fingerprint density at radius 2 is 1.67 bits per heavy atom. The third-order valence-electron chi connectivity index (χ3n) is 4.46. The summed E-state index contributed by atoms with van der Waals surface area (Å²) in [7, 11) is 0. The van der Waals surface area contributed by atoms with Crippen LogP contribution >= 0.6 is 27.7 Å². The van der Waals surface area contributed by atoms with Crippen molar-refractivity contribution in [1.82, 2.24) is 14.8 Å². The predicted molar refractivity (Wildman–Crippen MR) is 112 cm³/mol. The van der Waals surface area contributed by atoms with E-state index in [1.54, 1.807) is 11.8 Å². The van der Waals surface area contributed by atoms with Crippen LogP contribution in [0.1, 0.15) is 11.1 Å². The van der Waals surface area contributed by atoms with Gasteiger partial charge in [0.05, 0.1) is 19.8 Å². The maximum atomic E-state index is 5.49. The van der Waals surface area contributed by atoms with Crippen molar-refractivity contribution in [2.45, 2.75) is 17.5 Å². The summed E-state index contributed by atoms with van der Waals surface area (Å²) in [4.78, 5) is 2.27. The highest BCUT2D eigenvalue weighted by Gasteiger charge is 2.20. The molecule has 0 amide bonds. The summed E-state index contributed by atoms with van der Waals surface area (Å²) >= 11 is 5.21. The second kappa shape index (κ2) is 8.91. The molecule has 1 aliphatic rings. The summed E-state index contributed by atoms with van der Waals surface area (Å²) < 4.78 is 8.81. The SMILES string of the molecule is Brc1ccc(CSc2nnc(N3CCOCC3)n2Cc2ccccc2)cc1. The van der Waals surface area contributed by atoms with Gasteiger partial charge < -0.3 is 9.64 Å². The Balaban J connectivity index is 1.57. The van der Waals surface area contributed by atoms with Crippen molar-refractivity contribution >= 4 is 33.6 Å². The Labute approximate surface area is 171 Å². The smallest absolute Gasteiger partial charge is 0.228 e. The van der Waals surface area contributed by atoms with Crippen LogP contribution in [-0.4, -0.2) is 41.1 Å². The lowest BCUT2D eigenvalue weighted by molar-refractivity contribution is 0.121. The van der Waals surface area contributed by atoms with Crippen molar-refractivity contribution in [3.05, 3.63) is 70.2 Å². The monoisotopic (exact) mass is 444 g/mol. The first kappa shape index (κ1) is 18.5. The molecule has 2 heterocycles. The van der Waals surface area contributed by atoms with Crippen molar-refractivity contribution in [3.63, 3.8) is 0 Å². The van der Waals surface area contributed by atoms with Crippen LogP contribution in [-0.2, 0) is 17.0 Å². The molecule has 27 heavy (non-hydrogen) atoms. The molecule has 0 N–H and O–H groups in total. The molecule has 5 nitrogen and oxygen atoms in total. The predicted octanol–water partition coefficient (Wildman–Crippen LogP) is 4.22. The van der Waals surface area contributed by atoms with Gasteiger partial charge in [0, 0.05) is 23.3 Å². The first-order valence-corrected chi connectivity index (χ1v) is 10.7. The number of ether oxygens (including phenoxy) is 1. The second-order valence-electron chi connectivity index (χ2n) is 6.37. The number of morpholine rings is 1. The van der Waals surface area contributed by atoms with Gasteiger partial charge >= 0.3 is 0 Å². The number of anilines is 1. The minimum Gasteiger partial charge on any atom is -0.378 e. The lowest BCUT2D eigenvalue weighted by atomic mass is 10.2. The van der Waals surface area contributed by atoms with Gasteiger partial charge in [-0.15, -0.1) is 10.2 Å². The van der Waals surface area contributed by atoms with Gasteiger partial charge in [-0.25, -0.2) is 0 Å². The van der Waals surface area contributed by atoms with E-state index in [-0.39, 0.29) is 0 Å². The molecule has 0 bridgehead atoms. The lowest BCUT2D eigenvalue weighted by Crippen LogP contribution is -2.38. The fraction of sp³-hybridized carbons (Fsp3) is 0.300. The minimum atomic E-state index is 0.736. The Hall–Kier alpha value is -1.83. The highest BCUT2D eigenvalue weighted by molar-refractivity contribution is 9.10. The van der Waals surface area contributed by atoms with Gasteiger partial charge in [0.1, 0.15) is 0 Å². The molecule has 3 aromatic rings. The summed E-state index contributed by atoms with van der Waals surface area (Å²) in [5.41, 5.74) is 2.52. The van der Waals surface area contributed by atoms with E-state index >= 15 is 0 Å². The number of benzene rings is 2. The van der Waals surface area contributed by atoms with Crippen LogP contribution in [0.25, 0.3) is 0 Å². The summed E-state index contributed by atoms with van der Waals surface area (Å²) in [5.74, 6) is 1.80. The maximum Gasteiger partial charge on any atom is 0.228 e. The molecule has 140 valence electrons. The van der Waals surface area contributed by atoms with E-state index in [2.05, 4.69) is 84.1 Å². The van der Waals surface area contributed by atoms with Crippen molar-refractivity contribution in [1.29, 1.82) is 0 Å². The Kier molecular flexibility index (Phi) is 6.11. The van der Waals surface area contributed by atoms with E-state index in [1.807, 2.05) is 6.07 Å². The first-order valence-electron chi connectivity index (χ1n) is 8.97. The zero-order chi connectivity index (χ0) is 18.5. The molecule has 1 aromatic heterocycles. The summed E-state index contributed by atoms with van der Waals surface area (Å²) in [6.45, 7) is 3.94. The highest BCUT2D eigenvalue weighted by atomic mass is 79.9. The number of thioether (sulfide) groups is 1. The molecule has 1 aliphatic heterocycles. The van der Waals surface area contributed by atoms with Crippen LogP contribution in [0.2, 0.25) is 0 Å². The minimum absolute atomic E-state index is 0.736. The average molecular weight is 445 g/mol. The van der Waals surface area contributed by atoms with E-state index in [4.69, 9.17) is 4.74 Å². The molecule has 0 saturated carbocycles. The molecule has 0 aliphatic carbocycles. The first-order chi connectivity index (χ1) is 13.3. The molecule has 1 saturated heterocycles. The quantitative estimate of drug-likeness (QED) is 0.532. The summed E-state index contributed by atoms with van der Waals surface area (Å²) in [6, 6.07) is 18.9. The van der Waals surface area contributed by atoms with Gasteiger partial charge in [-0.2, -0.15) is 0 Å². The normalized spacial score (nSPS) is 14.5. The average Bonchev–Trinajstić information content (AvgIpc) is 3.11. The van der Waals surface area contributed by atoms with Crippen molar-refractivity contribution < 1.29 is 4.74 Å². The van der Waals surface area contributed by atoms with Gasteiger partial charge in [0.15, 0.2) is 5.16 Å². The molecule has 4 rings (SSSR count). The lowest BCUT2D eigenvalue weighted by Gasteiger charge is -2.28. The van der Waals surface area contributed by atoms with Gasteiger partial charge in [-0.1, -0.05) is 70.2 Å². The van der Waals surface area contributed by atoms with Gasteiger partial charge in [-0.3, -0.25) is 4.57 Å². The second-order valence-corrected chi connectivity index (χ2v) is 8.23. The standard InChI is InChI=1S/C20H21BrN4OS/c21-18-8-6-17(7-9-18)15-27-20-23-22-19(24-10-12-26-13-11-24)25(20)14-16-4-2-1-3-5-16/h1-9H,10-15H2. The Morgan fingerprint density at radius 1 is 0.926 bits per heavy atom. The number of rotatable bonds is 6. The maximum absolute atomic E-state index is 5.49. The number of nitrogens with zero attached hydrogens (tertiary/aromatic N) is 4. The molecule has 0 radical (unpaired) electrons. The zero-order valence-corrected chi connectivity index (χ0v) is 17.3. The third-order valence-corrected chi connectivity index (χ3v) is 6.02. The largest absolute Gasteiger partial charge is 0.378 e. The molecule has 1 fully saturated rings. The van der Waals surface area contributed by atoms with Crippen LogP contribution in [0, 0.1) is 0 Å².